The summed E-state index contributed by atoms with van der Waals surface area (Å²) in [6.45, 7) is 3.75. The number of ketones is 1. The Balaban J connectivity index is 1.37. The predicted molar refractivity (Wildman–Crippen MR) is 123 cm³/mol. The first kappa shape index (κ1) is 20.1. The Morgan fingerprint density at radius 3 is 2.84 bits per heavy atom. The first-order valence-corrected chi connectivity index (χ1v) is 12.0. The van der Waals surface area contributed by atoms with Crippen molar-refractivity contribution in [1.82, 2.24) is 19.6 Å². The number of hydrogen-bond acceptors (Lipinski definition) is 7. The summed E-state index contributed by atoms with van der Waals surface area (Å²) in [4.78, 5) is 30.9. The number of fused-ring (bicyclic) bond motifs is 5. The summed E-state index contributed by atoms with van der Waals surface area (Å²) >= 11 is 3.13. The molecule has 0 aliphatic heterocycles. The Hall–Kier alpha value is -2.78. The smallest absolute Gasteiger partial charge is 0.221 e. The fourth-order valence-electron chi connectivity index (χ4n) is 3.97. The number of rotatable bonds is 5. The van der Waals surface area contributed by atoms with Crippen LogP contribution in [0.4, 0.5) is 5.69 Å². The first-order valence-electron chi connectivity index (χ1n) is 10.2. The van der Waals surface area contributed by atoms with E-state index in [9.17, 15) is 9.59 Å². The van der Waals surface area contributed by atoms with Crippen molar-refractivity contribution in [2.75, 3.05) is 11.1 Å². The maximum absolute atomic E-state index is 12.6. The van der Waals surface area contributed by atoms with Crippen LogP contribution in [0.2, 0.25) is 0 Å². The number of aromatic nitrogens is 4. The molecule has 0 radical (unpaired) electrons. The van der Waals surface area contributed by atoms with Gasteiger partial charge in [0.25, 0.3) is 0 Å². The lowest BCUT2D eigenvalue weighted by atomic mass is 9.89. The van der Waals surface area contributed by atoms with E-state index in [1.165, 1.54) is 35.5 Å². The first-order chi connectivity index (χ1) is 15.0. The number of nitrogens with zero attached hydrogens (tertiary/aromatic N) is 4. The molecule has 3 heterocycles. The molecular weight excluding hydrogens is 430 g/mol. The van der Waals surface area contributed by atoms with E-state index in [4.69, 9.17) is 0 Å². The molecule has 0 saturated carbocycles. The van der Waals surface area contributed by atoms with Gasteiger partial charge in [-0.1, -0.05) is 18.7 Å². The topological polar surface area (TPSA) is 89.2 Å². The number of amides is 1. The number of carbonyl (C=O) groups is 2. The van der Waals surface area contributed by atoms with Crippen molar-refractivity contribution in [3.63, 3.8) is 0 Å². The monoisotopic (exact) mass is 451 g/mol. The summed E-state index contributed by atoms with van der Waals surface area (Å²) in [6.07, 6.45) is 5.11. The molecule has 1 atom stereocenters. The number of hydrogen-bond donors (Lipinski definition) is 1. The van der Waals surface area contributed by atoms with Crippen LogP contribution in [-0.4, -0.2) is 37.0 Å². The minimum absolute atomic E-state index is 0.00735. The molecule has 0 saturated heterocycles. The van der Waals surface area contributed by atoms with Gasteiger partial charge in [-0.3, -0.25) is 14.0 Å². The lowest BCUT2D eigenvalue weighted by Gasteiger charge is -2.17. The van der Waals surface area contributed by atoms with Gasteiger partial charge in [0.15, 0.2) is 16.6 Å². The number of Topliss-reactive ketones (excluding diaryl/α,β-unsaturated/α-hetero) is 1. The zero-order valence-corrected chi connectivity index (χ0v) is 18.8. The van der Waals surface area contributed by atoms with Crippen LogP contribution in [-0.2, 0) is 17.6 Å². The minimum Gasteiger partial charge on any atom is -0.326 e. The Morgan fingerprint density at radius 2 is 2.06 bits per heavy atom. The molecule has 1 aliphatic rings. The number of thioether (sulfide) groups is 1. The standard InChI is InChI=1S/C22H21N5O2S2/c1-12-3-8-16-18(9-12)31-21-19(16)20-25-26-22(27(20)11-23-21)30-10-17(29)14-4-6-15(7-5-14)24-13(2)28/h4-7,11-12H,3,8-10H2,1-2H3,(H,24,28). The summed E-state index contributed by atoms with van der Waals surface area (Å²) < 4.78 is 1.89. The van der Waals surface area contributed by atoms with Gasteiger partial charge in [-0.15, -0.1) is 21.5 Å². The van der Waals surface area contributed by atoms with Crippen molar-refractivity contribution in [3.05, 3.63) is 46.6 Å². The van der Waals surface area contributed by atoms with Crippen molar-refractivity contribution >= 4 is 56.3 Å². The van der Waals surface area contributed by atoms with Gasteiger partial charge in [0.1, 0.15) is 11.2 Å². The van der Waals surface area contributed by atoms with E-state index in [0.29, 0.717) is 22.3 Å². The molecule has 1 aliphatic carbocycles. The number of anilines is 1. The zero-order chi connectivity index (χ0) is 21.5. The van der Waals surface area contributed by atoms with Crippen molar-refractivity contribution in [2.45, 2.75) is 38.3 Å². The third-order valence-electron chi connectivity index (χ3n) is 5.53. The fraction of sp³-hybridized carbons (Fsp3) is 0.318. The van der Waals surface area contributed by atoms with E-state index in [2.05, 4.69) is 27.4 Å². The fourth-order valence-corrected chi connectivity index (χ4v) is 6.12. The van der Waals surface area contributed by atoms with Crippen molar-refractivity contribution in [1.29, 1.82) is 0 Å². The number of aryl methyl sites for hydroxylation is 1. The van der Waals surface area contributed by atoms with Crippen LogP contribution in [0.3, 0.4) is 0 Å². The van der Waals surface area contributed by atoms with Gasteiger partial charge in [-0.2, -0.15) is 0 Å². The van der Waals surface area contributed by atoms with Gasteiger partial charge >= 0.3 is 0 Å². The maximum Gasteiger partial charge on any atom is 0.221 e. The Bertz CT molecular complexity index is 1310. The third kappa shape index (κ3) is 3.83. The number of benzene rings is 1. The lowest BCUT2D eigenvalue weighted by Crippen LogP contribution is -2.08. The summed E-state index contributed by atoms with van der Waals surface area (Å²) in [6, 6.07) is 6.90. The highest BCUT2D eigenvalue weighted by molar-refractivity contribution is 7.99. The van der Waals surface area contributed by atoms with Gasteiger partial charge in [-0.05, 0) is 55.0 Å². The summed E-state index contributed by atoms with van der Waals surface area (Å²) in [5, 5.41) is 13.3. The molecule has 4 aromatic rings. The number of nitrogens with one attached hydrogen (secondary N) is 1. The second-order valence-electron chi connectivity index (χ2n) is 7.92. The largest absolute Gasteiger partial charge is 0.326 e. The third-order valence-corrected chi connectivity index (χ3v) is 7.64. The Kier molecular flexibility index (Phi) is 5.23. The Morgan fingerprint density at radius 1 is 1.26 bits per heavy atom. The normalized spacial score (nSPS) is 15.9. The average Bonchev–Trinajstić information content (AvgIpc) is 3.32. The quantitative estimate of drug-likeness (QED) is 0.357. The average molecular weight is 452 g/mol. The number of thiophene rings is 1. The highest BCUT2D eigenvalue weighted by Gasteiger charge is 2.24. The molecule has 31 heavy (non-hydrogen) atoms. The van der Waals surface area contributed by atoms with E-state index >= 15 is 0 Å². The van der Waals surface area contributed by atoms with Crippen molar-refractivity contribution in [2.24, 2.45) is 5.92 Å². The van der Waals surface area contributed by atoms with Crippen molar-refractivity contribution in [3.8, 4) is 0 Å². The van der Waals surface area contributed by atoms with Gasteiger partial charge in [0.2, 0.25) is 5.91 Å². The molecule has 0 spiro atoms. The lowest BCUT2D eigenvalue weighted by molar-refractivity contribution is -0.114. The zero-order valence-electron chi connectivity index (χ0n) is 17.2. The van der Waals surface area contributed by atoms with Crippen LogP contribution in [0, 0.1) is 5.92 Å². The van der Waals surface area contributed by atoms with Gasteiger partial charge in [0, 0.05) is 23.1 Å². The highest BCUT2D eigenvalue weighted by Crippen LogP contribution is 2.39. The van der Waals surface area contributed by atoms with E-state index in [1.807, 2.05) is 4.40 Å². The van der Waals surface area contributed by atoms with Gasteiger partial charge in [-0.25, -0.2) is 4.98 Å². The van der Waals surface area contributed by atoms with Crippen LogP contribution in [0.25, 0.3) is 15.9 Å². The summed E-state index contributed by atoms with van der Waals surface area (Å²) in [5.74, 6) is 0.806. The van der Waals surface area contributed by atoms with Gasteiger partial charge in [0.05, 0.1) is 11.1 Å². The number of carbonyl (C=O) groups excluding carboxylic acids is 2. The summed E-state index contributed by atoms with van der Waals surface area (Å²) in [5.41, 5.74) is 3.46. The second kappa shape index (κ2) is 8.05. The predicted octanol–water partition coefficient (Wildman–Crippen LogP) is 4.40. The van der Waals surface area contributed by atoms with Crippen LogP contribution >= 0.6 is 23.1 Å². The molecule has 0 fully saturated rings. The Labute approximate surface area is 187 Å². The molecule has 3 aromatic heterocycles. The molecule has 1 unspecified atom stereocenters. The molecule has 1 N–H and O–H groups in total. The molecular formula is C22H21N5O2S2. The minimum atomic E-state index is -0.141. The van der Waals surface area contributed by atoms with Gasteiger partial charge < -0.3 is 5.32 Å². The van der Waals surface area contributed by atoms with Crippen LogP contribution in [0.1, 0.15) is 41.1 Å². The maximum atomic E-state index is 12.6. The molecule has 9 heteroatoms. The molecule has 7 nitrogen and oxygen atoms in total. The van der Waals surface area contributed by atoms with E-state index in [0.717, 1.165) is 28.7 Å². The van der Waals surface area contributed by atoms with E-state index in [1.54, 1.807) is 41.9 Å². The van der Waals surface area contributed by atoms with Crippen LogP contribution < -0.4 is 5.32 Å². The highest BCUT2D eigenvalue weighted by atomic mass is 32.2. The van der Waals surface area contributed by atoms with Crippen molar-refractivity contribution < 1.29 is 9.59 Å². The van der Waals surface area contributed by atoms with Crippen LogP contribution in [0.15, 0.2) is 35.7 Å². The molecule has 5 rings (SSSR count). The molecule has 158 valence electrons. The molecule has 0 bridgehead atoms. The van der Waals surface area contributed by atoms with E-state index in [-0.39, 0.29) is 17.4 Å². The molecule has 1 aromatic carbocycles. The van der Waals surface area contributed by atoms with E-state index < -0.39 is 0 Å². The van der Waals surface area contributed by atoms with Crippen LogP contribution in [0.5, 0.6) is 0 Å². The summed E-state index contributed by atoms with van der Waals surface area (Å²) in [7, 11) is 0. The molecule has 1 amide bonds. The second-order valence-corrected chi connectivity index (χ2v) is 9.95. The SMILES string of the molecule is CC(=O)Nc1ccc(C(=O)CSc2nnc3c4c5c(sc4ncn23)CC(C)CC5)cc1.